The number of piperidine rings is 1. The molecule has 1 fully saturated rings. The lowest BCUT2D eigenvalue weighted by atomic mass is 10.1. The maximum Gasteiger partial charge on any atom is 0.193 e. The third-order valence-corrected chi connectivity index (χ3v) is 5.29. The number of rotatable bonds is 9. The molecule has 0 saturated carbocycles. The molecule has 1 aliphatic heterocycles. The first-order chi connectivity index (χ1) is 14.2. The Morgan fingerprint density at radius 1 is 1.30 bits per heavy atom. The van der Waals surface area contributed by atoms with Crippen molar-refractivity contribution >= 4 is 40.8 Å². The minimum Gasteiger partial charge on any atom is -0.385 e. The molecule has 8 heteroatoms. The number of nitrogens with one attached hydrogen (secondary N) is 2. The number of hydrogen-bond acceptors (Lipinski definition) is 3. The first-order valence-corrected chi connectivity index (χ1v) is 10.6. The molecule has 1 aromatic carbocycles. The van der Waals surface area contributed by atoms with E-state index in [0.29, 0.717) is 12.6 Å². The van der Waals surface area contributed by atoms with Gasteiger partial charge in [0.2, 0.25) is 0 Å². The smallest absolute Gasteiger partial charge is 0.193 e. The quantitative estimate of drug-likeness (QED) is 0.222. The highest BCUT2D eigenvalue weighted by Gasteiger charge is 2.21. The second kappa shape index (κ2) is 13.1. The molecule has 0 radical (unpaired) electrons. The standard InChI is InChI=1S/C22H33FN4O2.HI/c1-3-24-22(27-11-8-19(9-12-27)29-14-4-13-28-2)25-10-7-17-16-26-21-6-5-18(23)15-20(17)21;/h5-6,15-16,19,26H,3-4,7-14H2,1-2H3,(H,24,25);1H. The third kappa shape index (κ3) is 7.09. The lowest BCUT2D eigenvalue weighted by Crippen LogP contribution is -2.47. The van der Waals surface area contributed by atoms with Gasteiger partial charge in [0.15, 0.2) is 5.96 Å². The van der Waals surface area contributed by atoms with Crippen molar-refractivity contribution in [1.82, 2.24) is 15.2 Å². The number of halogens is 2. The van der Waals surface area contributed by atoms with Crippen molar-refractivity contribution in [3.8, 4) is 0 Å². The minimum absolute atomic E-state index is 0. The van der Waals surface area contributed by atoms with Gasteiger partial charge in [-0.1, -0.05) is 0 Å². The first kappa shape index (κ1) is 24.9. The van der Waals surface area contributed by atoms with Crippen LogP contribution >= 0.6 is 24.0 Å². The molecule has 0 unspecified atom stereocenters. The maximum absolute atomic E-state index is 13.6. The highest BCUT2D eigenvalue weighted by Crippen LogP contribution is 2.20. The number of ether oxygens (including phenoxy) is 2. The molecule has 1 aliphatic rings. The molecule has 0 spiro atoms. The number of likely N-dealkylation sites (tertiary alicyclic amines) is 1. The summed E-state index contributed by atoms with van der Waals surface area (Å²) in [5.74, 6) is 0.749. The van der Waals surface area contributed by atoms with Crippen LogP contribution in [0, 0.1) is 5.82 Å². The van der Waals surface area contributed by atoms with E-state index in [1.807, 2.05) is 6.20 Å². The van der Waals surface area contributed by atoms with E-state index in [9.17, 15) is 4.39 Å². The number of aromatic amines is 1. The zero-order valence-corrected chi connectivity index (χ0v) is 20.3. The van der Waals surface area contributed by atoms with Crippen LogP contribution in [-0.4, -0.2) is 68.4 Å². The number of fused-ring (bicyclic) bond motifs is 1. The van der Waals surface area contributed by atoms with E-state index in [1.54, 1.807) is 19.2 Å². The van der Waals surface area contributed by atoms with Gasteiger partial charge in [0, 0.05) is 63.6 Å². The number of aromatic nitrogens is 1. The van der Waals surface area contributed by atoms with Crippen molar-refractivity contribution < 1.29 is 13.9 Å². The Labute approximate surface area is 195 Å². The molecule has 0 aliphatic carbocycles. The van der Waals surface area contributed by atoms with Crippen LogP contribution in [0.1, 0.15) is 31.7 Å². The van der Waals surface area contributed by atoms with Crippen LogP contribution in [-0.2, 0) is 15.9 Å². The summed E-state index contributed by atoms with van der Waals surface area (Å²) in [6.07, 6.45) is 6.03. The van der Waals surface area contributed by atoms with Crippen molar-refractivity contribution in [3.63, 3.8) is 0 Å². The lowest BCUT2D eigenvalue weighted by molar-refractivity contribution is 0.00991. The molecule has 0 atom stereocenters. The average molecular weight is 532 g/mol. The van der Waals surface area contributed by atoms with Crippen LogP contribution in [0.2, 0.25) is 0 Å². The third-order valence-electron chi connectivity index (χ3n) is 5.29. The summed E-state index contributed by atoms with van der Waals surface area (Å²) in [5.41, 5.74) is 2.06. The molecule has 3 rings (SSSR count). The minimum atomic E-state index is -0.206. The van der Waals surface area contributed by atoms with E-state index in [4.69, 9.17) is 14.5 Å². The van der Waals surface area contributed by atoms with Crippen molar-refractivity contribution in [2.45, 2.75) is 38.7 Å². The molecule has 0 amide bonds. The van der Waals surface area contributed by atoms with Crippen LogP contribution < -0.4 is 5.32 Å². The van der Waals surface area contributed by atoms with E-state index in [2.05, 4.69) is 22.1 Å². The summed E-state index contributed by atoms with van der Waals surface area (Å²) in [6.45, 7) is 6.99. The summed E-state index contributed by atoms with van der Waals surface area (Å²) in [4.78, 5) is 10.3. The Morgan fingerprint density at radius 2 is 2.10 bits per heavy atom. The molecule has 0 bridgehead atoms. The van der Waals surface area contributed by atoms with Gasteiger partial charge in [0.1, 0.15) is 5.82 Å². The summed E-state index contributed by atoms with van der Waals surface area (Å²) in [6, 6.07) is 4.85. The maximum atomic E-state index is 13.6. The SMILES string of the molecule is CCNC(=NCCc1c[nH]c2ccc(F)cc12)N1CCC(OCCCOC)CC1.I. The highest BCUT2D eigenvalue weighted by atomic mass is 127. The first-order valence-electron chi connectivity index (χ1n) is 10.6. The number of aliphatic imine (C=N–C) groups is 1. The Balaban J connectivity index is 0.00000320. The Kier molecular flexibility index (Phi) is 10.9. The van der Waals surface area contributed by atoms with Crippen LogP contribution in [0.5, 0.6) is 0 Å². The predicted octanol–water partition coefficient (Wildman–Crippen LogP) is 3.95. The summed E-state index contributed by atoms with van der Waals surface area (Å²) < 4.78 is 24.6. The molecule has 168 valence electrons. The second-order valence-electron chi connectivity index (χ2n) is 7.39. The van der Waals surface area contributed by atoms with Gasteiger partial charge in [0.25, 0.3) is 0 Å². The highest BCUT2D eigenvalue weighted by molar-refractivity contribution is 14.0. The van der Waals surface area contributed by atoms with Gasteiger partial charge in [-0.25, -0.2) is 4.39 Å². The van der Waals surface area contributed by atoms with Gasteiger partial charge in [0.05, 0.1) is 6.10 Å². The van der Waals surface area contributed by atoms with Gasteiger partial charge < -0.3 is 24.7 Å². The van der Waals surface area contributed by atoms with Crippen molar-refractivity contribution in [2.75, 3.05) is 46.5 Å². The van der Waals surface area contributed by atoms with Crippen molar-refractivity contribution in [3.05, 3.63) is 35.8 Å². The summed E-state index contributed by atoms with van der Waals surface area (Å²) in [5, 5.41) is 4.35. The number of guanidine groups is 1. The van der Waals surface area contributed by atoms with Crippen LogP contribution in [0.3, 0.4) is 0 Å². The Morgan fingerprint density at radius 3 is 2.83 bits per heavy atom. The summed E-state index contributed by atoms with van der Waals surface area (Å²) >= 11 is 0. The van der Waals surface area contributed by atoms with Gasteiger partial charge in [-0.3, -0.25) is 4.99 Å². The molecule has 1 saturated heterocycles. The number of methoxy groups -OCH3 is 1. The van der Waals surface area contributed by atoms with E-state index in [1.165, 1.54) is 6.07 Å². The van der Waals surface area contributed by atoms with Crippen LogP contribution in [0.15, 0.2) is 29.4 Å². The average Bonchev–Trinajstić information content (AvgIpc) is 3.13. The number of nitrogens with zero attached hydrogens (tertiary/aromatic N) is 2. The van der Waals surface area contributed by atoms with E-state index in [0.717, 1.165) is 81.0 Å². The van der Waals surface area contributed by atoms with Gasteiger partial charge in [-0.05, 0) is 56.4 Å². The zero-order valence-electron chi connectivity index (χ0n) is 18.0. The van der Waals surface area contributed by atoms with E-state index >= 15 is 0 Å². The Hall–Kier alpha value is -1.39. The van der Waals surface area contributed by atoms with Gasteiger partial charge in [-0.2, -0.15) is 0 Å². The molecule has 2 heterocycles. The molecule has 30 heavy (non-hydrogen) atoms. The normalized spacial score (nSPS) is 15.4. The van der Waals surface area contributed by atoms with Crippen molar-refractivity contribution in [1.29, 1.82) is 0 Å². The molecule has 2 aromatic rings. The fourth-order valence-corrected chi connectivity index (χ4v) is 3.75. The fourth-order valence-electron chi connectivity index (χ4n) is 3.75. The second-order valence-corrected chi connectivity index (χ2v) is 7.39. The van der Waals surface area contributed by atoms with Gasteiger partial charge >= 0.3 is 0 Å². The monoisotopic (exact) mass is 532 g/mol. The van der Waals surface area contributed by atoms with E-state index in [-0.39, 0.29) is 29.8 Å². The number of hydrogen-bond donors (Lipinski definition) is 2. The van der Waals surface area contributed by atoms with Crippen LogP contribution in [0.25, 0.3) is 10.9 Å². The molecular formula is C22H34FIN4O2. The van der Waals surface area contributed by atoms with Crippen LogP contribution in [0.4, 0.5) is 4.39 Å². The van der Waals surface area contributed by atoms with Gasteiger partial charge in [-0.15, -0.1) is 24.0 Å². The number of H-pyrrole nitrogens is 1. The molecule has 2 N–H and O–H groups in total. The topological polar surface area (TPSA) is 61.9 Å². The number of benzene rings is 1. The van der Waals surface area contributed by atoms with Crippen molar-refractivity contribution in [2.24, 2.45) is 4.99 Å². The fraction of sp³-hybridized carbons (Fsp3) is 0.591. The molecule has 6 nitrogen and oxygen atoms in total. The Bertz CT molecular complexity index is 791. The molecule has 1 aromatic heterocycles. The predicted molar refractivity (Wildman–Crippen MR) is 130 cm³/mol. The largest absolute Gasteiger partial charge is 0.385 e. The zero-order chi connectivity index (χ0) is 20.5. The molecular weight excluding hydrogens is 498 g/mol. The van der Waals surface area contributed by atoms with E-state index < -0.39 is 0 Å². The lowest BCUT2D eigenvalue weighted by Gasteiger charge is -2.34. The summed E-state index contributed by atoms with van der Waals surface area (Å²) in [7, 11) is 1.72.